The first-order chi connectivity index (χ1) is 16.1. The lowest BCUT2D eigenvalue weighted by molar-refractivity contribution is 0.102. The number of nitrogens with one attached hydrogen (secondary N) is 1. The van der Waals surface area contributed by atoms with E-state index in [1.165, 1.54) is 15.6 Å². The fourth-order valence-electron chi connectivity index (χ4n) is 4.43. The normalized spacial score (nSPS) is 14.7. The molecule has 1 aliphatic heterocycles. The van der Waals surface area contributed by atoms with Crippen molar-refractivity contribution in [3.05, 3.63) is 77.2 Å². The van der Waals surface area contributed by atoms with Gasteiger partial charge in [0.25, 0.3) is 5.91 Å². The maximum atomic E-state index is 12.6. The first-order valence-electron chi connectivity index (χ1n) is 11.4. The number of aromatic nitrogens is 1. The summed E-state index contributed by atoms with van der Waals surface area (Å²) in [6.45, 7) is 8.71. The van der Waals surface area contributed by atoms with Gasteiger partial charge in [0.15, 0.2) is 0 Å². The van der Waals surface area contributed by atoms with Crippen LogP contribution < -0.4 is 10.2 Å². The molecule has 3 heterocycles. The van der Waals surface area contributed by atoms with Crippen molar-refractivity contribution in [2.45, 2.75) is 20.3 Å². The summed E-state index contributed by atoms with van der Waals surface area (Å²) < 4.78 is 11.4. The minimum atomic E-state index is -0.132. The molecule has 1 saturated heterocycles. The molecule has 0 atom stereocenters. The number of carbonyl (C=O) groups excluding carboxylic acids is 1. The van der Waals surface area contributed by atoms with Crippen molar-refractivity contribution in [1.29, 1.82) is 0 Å². The van der Waals surface area contributed by atoms with Crippen LogP contribution in [0, 0.1) is 13.8 Å². The van der Waals surface area contributed by atoms with Gasteiger partial charge in [-0.2, -0.15) is 4.37 Å². The van der Waals surface area contributed by atoms with Crippen molar-refractivity contribution in [3.8, 4) is 0 Å². The summed E-state index contributed by atoms with van der Waals surface area (Å²) >= 11 is 1.58. The van der Waals surface area contributed by atoms with Crippen LogP contribution in [-0.4, -0.2) is 47.9 Å². The third kappa shape index (κ3) is 4.79. The van der Waals surface area contributed by atoms with Crippen molar-refractivity contribution < 1.29 is 9.21 Å². The lowest BCUT2D eigenvalue weighted by Crippen LogP contribution is -2.47. The second-order valence-corrected chi connectivity index (χ2v) is 9.37. The van der Waals surface area contributed by atoms with Gasteiger partial charge in [0, 0.05) is 43.8 Å². The van der Waals surface area contributed by atoms with E-state index in [0.717, 1.165) is 56.4 Å². The molecule has 170 valence electrons. The number of hydrogen-bond acceptors (Lipinski definition) is 6. The molecule has 1 N–H and O–H groups in total. The number of fused-ring (bicyclic) bond motifs is 1. The number of amides is 1. The Hall–Kier alpha value is -3.16. The van der Waals surface area contributed by atoms with Gasteiger partial charge in [-0.1, -0.05) is 24.3 Å². The molecule has 1 fully saturated rings. The highest BCUT2D eigenvalue weighted by Gasteiger charge is 2.20. The van der Waals surface area contributed by atoms with Crippen LogP contribution in [-0.2, 0) is 6.42 Å². The molecule has 0 radical (unpaired) electrons. The molecule has 33 heavy (non-hydrogen) atoms. The number of hydrogen-bond donors (Lipinski definition) is 1. The smallest absolute Gasteiger partial charge is 0.259 e. The van der Waals surface area contributed by atoms with E-state index in [1.54, 1.807) is 17.6 Å². The first-order valence-corrected chi connectivity index (χ1v) is 12.1. The van der Waals surface area contributed by atoms with E-state index in [9.17, 15) is 4.79 Å². The van der Waals surface area contributed by atoms with Crippen molar-refractivity contribution in [2.24, 2.45) is 0 Å². The van der Waals surface area contributed by atoms with Gasteiger partial charge in [-0.15, -0.1) is 0 Å². The van der Waals surface area contributed by atoms with Crippen LogP contribution >= 0.6 is 11.5 Å². The third-order valence-corrected chi connectivity index (χ3v) is 7.03. The quantitative estimate of drug-likeness (QED) is 0.433. The topological polar surface area (TPSA) is 61.6 Å². The predicted molar refractivity (Wildman–Crippen MR) is 135 cm³/mol. The summed E-state index contributed by atoms with van der Waals surface area (Å²) in [6.07, 6.45) is 0.952. The van der Waals surface area contributed by atoms with Gasteiger partial charge >= 0.3 is 0 Å². The lowest BCUT2D eigenvalue weighted by atomic mass is 10.1. The van der Waals surface area contributed by atoms with E-state index in [4.69, 9.17) is 8.79 Å². The Bertz CT molecular complexity index is 1270. The van der Waals surface area contributed by atoms with Gasteiger partial charge in [-0.3, -0.25) is 9.69 Å². The second-order valence-electron chi connectivity index (χ2n) is 8.56. The van der Waals surface area contributed by atoms with E-state index in [0.29, 0.717) is 11.3 Å². The van der Waals surface area contributed by atoms with Gasteiger partial charge in [0.05, 0.1) is 10.3 Å². The lowest BCUT2D eigenvalue weighted by Gasteiger charge is -2.35. The molecule has 1 amide bonds. The number of nitrogens with zero attached hydrogens (tertiary/aromatic N) is 3. The van der Waals surface area contributed by atoms with Gasteiger partial charge in [0.2, 0.25) is 0 Å². The number of benzene rings is 2. The highest BCUT2D eigenvalue weighted by atomic mass is 32.1. The summed E-state index contributed by atoms with van der Waals surface area (Å²) in [5, 5.41) is 4.26. The number of furan rings is 1. The van der Waals surface area contributed by atoms with Crippen LogP contribution in [0.1, 0.15) is 27.4 Å². The molecular formula is C26H28N4O2S. The SMILES string of the molecule is Cc1cc(C(=O)Nc2cccc(CCN3CCN(c4nsc5ccccc45)CC3)c2)c(C)o1. The summed E-state index contributed by atoms with van der Waals surface area (Å²) in [5.74, 6) is 2.38. The summed E-state index contributed by atoms with van der Waals surface area (Å²) in [6, 6.07) is 18.4. The van der Waals surface area contributed by atoms with E-state index < -0.39 is 0 Å². The fourth-order valence-corrected chi connectivity index (χ4v) is 5.23. The van der Waals surface area contributed by atoms with Crippen LogP contribution in [0.4, 0.5) is 11.5 Å². The molecule has 0 spiro atoms. The zero-order chi connectivity index (χ0) is 22.8. The number of carbonyl (C=O) groups is 1. The van der Waals surface area contributed by atoms with Crippen LogP contribution in [0.25, 0.3) is 10.1 Å². The Morgan fingerprint density at radius 1 is 1.06 bits per heavy atom. The molecule has 0 unspecified atom stereocenters. The molecule has 1 aliphatic rings. The van der Waals surface area contributed by atoms with Crippen LogP contribution in [0.2, 0.25) is 0 Å². The summed E-state index contributed by atoms with van der Waals surface area (Å²) in [7, 11) is 0. The Balaban J connectivity index is 1.15. The first kappa shape index (κ1) is 21.7. The third-order valence-electron chi connectivity index (χ3n) is 6.22. The fraction of sp³-hybridized carbons (Fsp3) is 0.308. The monoisotopic (exact) mass is 460 g/mol. The zero-order valence-corrected chi connectivity index (χ0v) is 19.8. The Kier molecular flexibility index (Phi) is 6.15. The molecule has 5 rings (SSSR count). The number of aryl methyl sites for hydroxylation is 2. The Labute approximate surface area is 198 Å². The molecule has 0 saturated carbocycles. The largest absolute Gasteiger partial charge is 0.466 e. The molecule has 0 aliphatic carbocycles. The van der Waals surface area contributed by atoms with Crippen molar-refractivity contribution in [3.63, 3.8) is 0 Å². The second kappa shape index (κ2) is 9.37. The van der Waals surface area contributed by atoms with Crippen LogP contribution in [0.5, 0.6) is 0 Å². The van der Waals surface area contributed by atoms with E-state index >= 15 is 0 Å². The van der Waals surface area contributed by atoms with Gasteiger partial charge in [-0.25, -0.2) is 0 Å². The minimum Gasteiger partial charge on any atom is -0.466 e. The summed E-state index contributed by atoms with van der Waals surface area (Å²) in [4.78, 5) is 17.5. The maximum Gasteiger partial charge on any atom is 0.259 e. The van der Waals surface area contributed by atoms with E-state index in [2.05, 4.69) is 51.5 Å². The Morgan fingerprint density at radius 3 is 2.67 bits per heavy atom. The summed E-state index contributed by atoms with van der Waals surface area (Å²) in [5.41, 5.74) is 2.63. The average Bonchev–Trinajstić information content (AvgIpc) is 3.41. The maximum absolute atomic E-state index is 12.6. The highest BCUT2D eigenvalue weighted by Crippen LogP contribution is 2.29. The number of anilines is 2. The molecular weight excluding hydrogens is 432 g/mol. The van der Waals surface area contributed by atoms with Crippen LogP contribution in [0.3, 0.4) is 0 Å². The van der Waals surface area contributed by atoms with Crippen molar-refractivity contribution in [2.75, 3.05) is 42.9 Å². The van der Waals surface area contributed by atoms with Gasteiger partial charge < -0.3 is 14.6 Å². The Morgan fingerprint density at radius 2 is 1.88 bits per heavy atom. The van der Waals surface area contributed by atoms with E-state index in [-0.39, 0.29) is 5.91 Å². The number of piperazine rings is 1. The van der Waals surface area contributed by atoms with Crippen molar-refractivity contribution in [1.82, 2.24) is 9.27 Å². The molecule has 4 aromatic rings. The molecule has 2 aromatic heterocycles. The zero-order valence-electron chi connectivity index (χ0n) is 19.0. The molecule has 2 aromatic carbocycles. The van der Waals surface area contributed by atoms with Gasteiger partial charge in [0.1, 0.15) is 17.3 Å². The van der Waals surface area contributed by atoms with Gasteiger partial charge in [-0.05, 0) is 67.7 Å². The molecule has 7 heteroatoms. The molecule has 0 bridgehead atoms. The van der Waals surface area contributed by atoms with Crippen LogP contribution in [0.15, 0.2) is 59.0 Å². The van der Waals surface area contributed by atoms with Crippen molar-refractivity contribution >= 4 is 39.0 Å². The minimum absolute atomic E-state index is 0.132. The highest BCUT2D eigenvalue weighted by molar-refractivity contribution is 7.13. The standard InChI is InChI=1S/C26H28N4O2S/c1-18-16-23(19(2)32-18)26(31)27-21-7-5-6-20(17-21)10-11-29-12-14-30(15-13-29)25-22-8-3-4-9-24(22)33-28-25/h3-9,16-17H,10-15H2,1-2H3,(H,27,31). The number of rotatable bonds is 6. The molecule has 6 nitrogen and oxygen atoms in total. The predicted octanol–water partition coefficient (Wildman–Crippen LogP) is 5.12. The average molecular weight is 461 g/mol. The van der Waals surface area contributed by atoms with E-state index in [1.807, 2.05) is 26.0 Å².